The molecule has 1 amide bonds. The fourth-order valence-corrected chi connectivity index (χ4v) is 3.41. The summed E-state index contributed by atoms with van der Waals surface area (Å²) in [5.74, 6) is 1.21. The average Bonchev–Trinajstić information content (AvgIpc) is 3.24. The molecule has 0 aliphatic rings. The van der Waals surface area contributed by atoms with Gasteiger partial charge in [-0.05, 0) is 35.8 Å². The van der Waals surface area contributed by atoms with Gasteiger partial charge in [0.2, 0.25) is 5.91 Å². The van der Waals surface area contributed by atoms with Crippen LogP contribution in [0, 0.1) is 0 Å². The number of rotatable bonds is 7. The van der Waals surface area contributed by atoms with Crippen LogP contribution in [0.5, 0.6) is 0 Å². The summed E-state index contributed by atoms with van der Waals surface area (Å²) in [5.41, 5.74) is 0. The van der Waals surface area contributed by atoms with Gasteiger partial charge in [0.05, 0.1) is 4.88 Å². The Morgan fingerprint density at radius 1 is 1.17 bits per heavy atom. The van der Waals surface area contributed by atoms with Crippen molar-refractivity contribution in [2.24, 2.45) is 0 Å². The summed E-state index contributed by atoms with van der Waals surface area (Å²) in [6.07, 6.45) is 1.22. The number of hydrogen-bond acceptors (Lipinski definition) is 6. The zero-order valence-corrected chi connectivity index (χ0v) is 13.9. The zero-order chi connectivity index (χ0) is 15.9. The minimum atomic E-state index is -0.111. The summed E-state index contributed by atoms with van der Waals surface area (Å²) >= 11 is 3.25. The Balaban J connectivity index is 1.41. The second-order valence-corrected chi connectivity index (χ2v) is 6.82. The van der Waals surface area contributed by atoms with E-state index < -0.39 is 0 Å². The van der Waals surface area contributed by atoms with Gasteiger partial charge in [-0.1, -0.05) is 29.4 Å². The van der Waals surface area contributed by atoms with Gasteiger partial charge in [-0.25, -0.2) is 0 Å². The van der Waals surface area contributed by atoms with E-state index in [4.69, 9.17) is 4.42 Å². The van der Waals surface area contributed by atoms with Crippen molar-refractivity contribution in [3.05, 3.63) is 47.8 Å². The van der Waals surface area contributed by atoms with Gasteiger partial charge in [-0.15, -0.1) is 28.2 Å². The van der Waals surface area contributed by atoms with E-state index in [9.17, 15) is 4.79 Å². The molecule has 0 aliphatic carbocycles. The molecule has 0 bridgehead atoms. The molecule has 7 heteroatoms. The fourth-order valence-electron chi connectivity index (χ4n) is 1.89. The highest BCUT2D eigenvalue weighted by Crippen LogP contribution is 2.24. The number of nitrogens with zero attached hydrogens (tertiary/aromatic N) is 2. The van der Waals surface area contributed by atoms with E-state index >= 15 is 0 Å². The maximum absolute atomic E-state index is 11.9. The van der Waals surface area contributed by atoms with Gasteiger partial charge < -0.3 is 4.42 Å². The third-order valence-corrected chi connectivity index (χ3v) is 4.92. The van der Waals surface area contributed by atoms with Gasteiger partial charge >= 0.3 is 6.01 Å². The van der Waals surface area contributed by atoms with Crippen LogP contribution in [-0.4, -0.2) is 21.9 Å². The van der Waals surface area contributed by atoms with Crippen molar-refractivity contribution in [3.8, 4) is 10.8 Å². The lowest BCUT2D eigenvalue weighted by atomic mass is 10.3. The van der Waals surface area contributed by atoms with Crippen molar-refractivity contribution < 1.29 is 9.21 Å². The number of benzene rings is 1. The normalized spacial score (nSPS) is 10.6. The number of carbonyl (C=O) groups is 1. The summed E-state index contributed by atoms with van der Waals surface area (Å²) in [7, 11) is 0. The lowest BCUT2D eigenvalue weighted by Crippen LogP contribution is -2.11. The summed E-state index contributed by atoms with van der Waals surface area (Å²) in [6, 6.07) is 14.1. The van der Waals surface area contributed by atoms with Gasteiger partial charge in [-0.3, -0.25) is 10.1 Å². The molecule has 3 rings (SSSR count). The van der Waals surface area contributed by atoms with Gasteiger partial charge in [0, 0.05) is 11.3 Å². The molecule has 0 saturated carbocycles. The third kappa shape index (κ3) is 4.67. The molecule has 23 heavy (non-hydrogen) atoms. The lowest BCUT2D eigenvalue weighted by Gasteiger charge is -2.01. The van der Waals surface area contributed by atoms with Crippen molar-refractivity contribution >= 4 is 35.0 Å². The second kappa shape index (κ2) is 7.94. The van der Waals surface area contributed by atoms with Gasteiger partial charge in [0.15, 0.2) is 0 Å². The molecule has 2 aromatic heterocycles. The van der Waals surface area contributed by atoms with Crippen LogP contribution < -0.4 is 5.32 Å². The largest absolute Gasteiger partial charge is 0.402 e. The number of nitrogens with one attached hydrogen (secondary N) is 1. The summed E-state index contributed by atoms with van der Waals surface area (Å²) in [6.45, 7) is 0. The molecule has 0 saturated heterocycles. The number of thioether (sulfide) groups is 1. The highest BCUT2D eigenvalue weighted by molar-refractivity contribution is 7.99. The molecule has 0 unspecified atom stereocenters. The van der Waals surface area contributed by atoms with E-state index in [-0.39, 0.29) is 11.9 Å². The Hall–Kier alpha value is -2.12. The number of amides is 1. The molecule has 1 N–H and O–H groups in total. The molecule has 0 aliphatic heterocycles. The Morgan fingerprint density at radius 2 is 2.04 bits per heavy atom. The molecule has 3 aromatic rings. The first-order chi connectivity index (χ1) is 11.3. The van der Waals surface area contributed by atoms with E-state index in [0.29, 0.717) is 12.3 Å². The van der Waals surface area contributed by atoms with E-state index in [2.05, 4.69) is 27.6 Å². The van der Waals surface area contributed by atoms with Gasteiger partial charge in [-0.2, -0.15) is 0 Å². The Morgan fingerprint density at radius 3 is 2.83 bits per heavy atom. The molecule has 0 radical (unpaired) electrons. The molecule has 0 atom stereocenters. The predicted molar refractivity (Wildman–Crippen MR) is 92.6 cm³/mol. The topological polar surface area (TPSA) is 68.0 Å². The van der Waals surface area contributed by atoms with E-state index in [1.807, 2.05) is 35.7 Å². The van der Waals surface area contributed by atoms with Crippen LogP contribution in [0.1, 0.15) is 12.8 Å². The Bertz CT molecular complexity index is 742. The van der Waals surface area contributed by atoms with Crippen molar-refractivity contribution in [1.82, 2.24) is 10.2 Å². The van der Waals surface area contributed by atoms with Crippen LogP contribution in [0.15, 0.2) is 57.2 Å². The standard InChI is InChI=1S/C16H15N3O2S2/c20-14(9-5-10-22-12-6-2-1-3-7-12)17-16-19-18-15(21-16)13-8-4-11-23-13/h1-4,6-8,11H,5,9-10H2,(H,17,19,20). The van der Waals surface area contributed by atoms with Gasteiger partial charge in [0.25, 0.3) is 5.89 Å². The number of aromatic nitrogens is 2. The number of carbonyl (C=O) groups excluding carboxylic acids is 1. The fraction of sp³-hybridized carbons (Fsp3) is 0.188. The first kappa shape index (κ1) is 15.8. The SMILES string of the molecule is O=C(CCCSc1ccccc1)Nc1nnc(-c2cccs2)o1. The van der Waals surface area contributed by atoms with Crippen molar-refractivity contribution in [2.75, 3.05) is 11.1 Å². The lowest BCUT2D eigenvalue weighted by molar-refractivity contribution is -0.116. The monoisotopic (exact) mass is 345 g/mol. The highest BCUT2D eigenvalue weighted by atomic mass is 32.2. The number of anilines is 1. The van der Waals surface area contributed by atoms with E-state index in [1.54, 1.807) is 11.8 Å². The van der Waals surface area contributed by atoms with Gasteiger partial charge in [0.1, 0.15) is 0 Å². The maximum atomic E-state index is 11.9. The number of hydrogen-bond donors (Lipinski definition) is 1. The highest BCUT2D eigenvalue weighted by Gasteiger charge is 2.11. The predicted octanol–water partition coefficient (Wildman–Crippen LogP) is 4.31. The van der Waals surface area contributed by atoms with E-state index in [1.165, 1.54) is 16.2 Å². The number of thiophene rings is 1. The molecule has 1 aromatic carbocycles. The first-order valence-electron chi connectivity index (χ1n) is 7.16. The quantitative estimate of drug-likeness (QED) is 0.510. The Kier molecular flexibility index (Phi) is 5.44. The van der Waals surface area contributed by atoms with Crippen LogP contribution in [-0.2, 0) is 4.79 Å². The molecule has 0 fully saturated rings. The van der Waals surface area contributed by atoms with Crippen LogP contribution in [0.3, 0.4) is 0 Å². The molecular weight excluding hydrogens is 330 g/mol. The van der Waals surface area contributed by atoms with Crippen molar-refractivity contribution in [3.63, 3.8) is 0 Å². The smallest absolute Gasteiger partial charge is 0.322 e. The molecule has 0 spiro atoms. The molecule has 5 nitrogen and oxygen atoms in total. The maximum Gasteiger partial charge on any atom is 0.322 e. The summed E-state index contributed by atoms with van der Waals surface area (Å²) < 4.78 is 5.43. The minimum Gasteiger partial charge on any atom is -0.402 e. The third-order valence-electron chi connectivity index (χ3n) is 2.96. The zero-order valence-electron chi connectivity index (χ0n) is 12.3. The first-order valence-corrected chi connectivity index (χ1v) is 9.03. The molecule has 118 valence electrons. The average molecular weight is 345 g/mol. The summed E-state index contributed by atoms with van der Waals surface area (Å²) in [5, 5.41) is 12.3. The Labute approximate surface area is 142 Å². The van der Waals surface area contributed by atoms with Crippen molar-refractivity contribution in [1.29, 1.82) is 0 Å². The summed E-state index contributed by atoms with van der Waals surface area (Å²) in [4.78, 5) is 14.0. The van der Waals surface area contributed by atoms with Crippen LogP contribution in [0.4, 0.5) is 6.01 Å². The van der Waals surface area contributed by atoms with Crippen LogP contribution in [0.2, 0.25) is 0 Å². The minimum absolute atomic E-state index is 0.111. The van der Waals surface area contributed by atoms with Crippen LogP contribution >= 0.6 is 23.1 Å². The van der Waals surface area contributed by atoms with E-state index in [0.717, 1.165) is 17.1 Å². The molecular formula is C16H15N3O2S2. The second-order valence-electron chi connectivity index (χ2n) is 4.70. The molecule has 2 heterocycles. The van der Waals surface area contributed by atoms with Crippen LogP contribution in [0.25, 0.3) is 10.8 Å². The van der Waals surface area contributed by atoms with Crippen molar-refractivity contribution in [2.45, 2.75) is 17.7 Å².